The second-order valence-electron chi connectivity index (χ2n) is 5.88. The van der Waals surface area contributed by atoms with Crippen LogP contribution in [-0.4, -0.2) is 41.0 Å². The Morgan fingerprint density at radius 2 is 1.72 bits per heavy atom. The second-order valence-corrected chi connectivity index (χ2v) is 10.6. The van der Waals surface area contributed by atoms with Crippen molar-refractivity contribution < 1.29 is 18.7 Å². The molecule has 5 nitrogen and oxygen atoms in total. The maximum Gasteiger partial charge on any atom is 0.408 e. The Morgan fingerprint density at radius 1 is 1.22 bits per heavy atom. The van der Waals surface area contributed by atoms with Gasteiger partial charge in [-0.05, 0) is 25.1 Å². The van der Waals surface area contributed by atoms with Gasteiger partial charge in [-0.1, -0.05) is 20.8 Å². The van der Waals surface area contributed by atoms with Crippen LogP contribution in [0.5, 0.6) is 0 Å². The topological polar surface area (TPSA) is 56.8 Å². The van der Waals surface area contributed by atoms with Crippen LogP contribution in [0.1, 0.15) is 27.7 Å². The first-order valence-electron chi connectivity index (χ1n) is 6.10. The fourth-order valence-corrected chi connectivity index (χ4v) is 2.65. The van der Waals surface area contributed by atoms with Crippen LogP contribution >= 0.6 is 0 Å². The normalized spacial score (nSPS) is 16.0. The number of methoxy groups -OCH3 is 2. The molecule has 0 unspecified atom stereocenters. The average Bonchev–Trinajstić information content (AvgIpc) is 2.22. The first-order chi connectivity index (χ1) is 8.05. The summed E-state index contributed by atoms with van der Waals surface area (Å²) in [5.41, 5.74) is 0. The molecule has 6 heteroatoms. The number of carbonyl (C=O) groups is 1. The van der Waals surface area contributed by atoms with Crippen LogP contribution in [0.3, 0.4) is 0 Å². The third-order valence-corrected chi connectivity index (χ3v) is 7.99. The minimum atomic E-state index is -1.88. The molecule has 0 aromatic carbocycles. The first kappa shape index (κ1) is 17.4. The highest BCUT2D eigenvalue weighted by Crippen LogP contribution is 2.37. The van der Waals surface area contributed by atoms with Gasteiger partial charge in [-0.25, -0.2) is 4.79 Å². The highest BCUT2D eigenvalue weighted by Gasteiger charge is 2.40. The van der Waals surface area contributed by atoms with Gasteiger partial charge in [-0.2, -0.15) is 0 Å². The summed E-state index contributed by atoms with van der Waals surface area (Å²) in [6.45, 7) is 12.7. The lowest BCUT2D eigenvalue weighted by Crippen LogP contribution is -2.51. The molecule has 0 aromatic rings. The molecule has 0 bridgehead atoms. The fourth-order valence-electron chi connectivity index (χ4n) is 1.25. The quantitative estimate of drug-likeness (QED) is 0.620. The molecule has 0 radical (unpaired) electrons. The number of ether oxygens (including phenoxy) is 2. The Hall–Kier alpha value is -0.593. The smallest absolute Gasteiger partial charge is 0.408 e. The van der Waals surface area contributed by atoms with Crippen molar-refractivity contribution in [2.75, 3.05) is 14.2 Å². The van der Waals surface area contributed by atoms with Gasteiger partial charge in [0.1, 0.15) is 0 Å². The molecule has 0 spiro atoms. The van der Waals surface area contributed by atoms with E-state index in [4.69, 9.17) is 9.16 Å². The molecule has 0 aliphatic carbocycles. The molecule has 18 heavy (non-hydrogen) atoms. The van der Waals surface area contributed by atoms with Crippen molar-refractivity contribution in [2.45, 2.75) is 58.2 Å². The summed E-state index contributed by atoms with van der Waals surface area (Å²) in [7, 11) is 0.974. The van der Waals surface area contributed by atoms with Crippen molar-refractivity contribution in [3.8, 4) is 0 Å². The molecule has 1 amide bonds. The van der Waals surface area contributed by atoms with Gasteiger partial charge < -0.3 is 13.9 Å². The monoisotopic (exact) mass is 277 g/mol. The van der Waals surface area contributed by atoms with E-state index in [2.05, 4.69) is 43.9 Å². The SMILES string of the molecule is COC(=O)N[C@H](OC)[C@@H](C)O[Si](C)(C)C(C)(C)C. The molecular formula is C12H27NO4Si. The summed E-state index contributed by atoms with van der Waals surface area (Å²) < 4.78 is 15.9. The van der Waals surface area contributed by atoms with Gasteiger partial charge in [0.05, 0.1) is 13.2 Å². The Morgan fingerprint density at radius 3 is 2.06 bits per heavy atom. The number of amides is 1. The van der Waals surface area contributed by atoms with Crippen molar-refractivity contribution in [1.82, 2.24) is 5.32 Å². The Bertz CT molecular complexity index is 276. The van der Waals surface area contributed by atoms with E-state index in [1.807, 2.05) is 6.92 Å². The standard InChI is InChI=1S/C12H27NO4Si/c1-9(10(15-5)13-11(14)16-6)17-18(7,8)12(2,3)4/h9-10H,1-8H3,(H,13,14)/t9-,10-/m1/s1. The van der Waals surface area contributed by atoms with E-state index >= 15 is 0 Å². The first-order valence-corrected chi connectivity index (χ1v) is 9.01. The lowest BCUT2D eigenvalue weighted by atomic mass is 10.2. The molecule has 0 fully saturated rings. The van der Waals surface area contributed by atoms with Crippen molar-refractivity contribution in [1.29, 1.82) is 0 Å². The summed E-state index contributed by atoms with van der Waals surface area (Å²) in [6.07, 6.45) is -1.26. The maximum atomic E-state index is 11.2. The third-order valence-electron chi connectivity index (χ3n) is 3.41. The van der Waals surface area contributed by atoms with E-state index in [1.54, 1.807) is 0 Å². The van der Waals surface area contributed by atoms with Crippen molar-refractivity contribution >= 4 is 14.4 Å². The highest BCUT2D eigenvalue weighted by molar-refractivity contribution is 6.74. The summed E-state index contributed by atoms with van der Waals surface area (Å²) in [6, 6.07) is 0. The van der Waals surface area contributed by atoms with Gasteiger partial charge >= 0.3 is 6.09 Å². The van der Waals surface area contributed by atoms with Crippen LogP contribution < -0.4 is 5.32 Å². The van der Waals surface area contributed by atoms with E-state index in [1.165, 1.54) is 14.2 Å². The average molecular weight is 277 g/mol. The van der Waals surface area contributed by atoms with Crippen molar-refractivity contribution in [3.63, 3.8) is 0 Å². The Balaban J connectivity index is 4.62. The van der Waals surface area contributed by atoms with Crippen molar-refractivity contribution in [2.24, 2.45) is 0 Å². The Labute approximate surface area is 111 Å². The van der Waals surface area contributed by atoms with Gasteiger partial charge in [0.15, 0.2) is 14.5 Å². The molecule has 0 aliphatic heterocycles. The summed E-state index contributed by atoms with van der Waals surface area (Å²) in [5.74, 6) is 0. The van der Waals surface area contributed by atoms with Crippen LogP contribution in [0.4, 0.5) is 4.79 Å². The van der Waals surface area contributed by atoms with Gasteiger partial charge in [-0.15, -0.1) is 0 Å². The van der Waals surface area contributed by atoms with E-state index in [0.29, 0.717) is 0 Å². The van der Waals surface area contributed by atoms with E-state index in [0.717, 1.165) is 0 Å². The zero-order valence-electron chi connectivity index (χ0n) is 12.8. The lowest BCUT2D eigenvalue weighted by Gasteiger charge is -2.40. The zero-order chi connectivity index (χ0) is 14.6. The number of alkyl carbamates (subject to hydrolysis) is 1. The van der Waals surface area contributed by atoms with Gasteiger partial charge in [-0.3, -0.25) is 5.32 Å². The largest absolute Gasteiger partial charge is 0.453 e. The number of hydrogen-bond acceptors (Lipinski definition) is 4. The highest BCUT2D eigenvalue weighted by atomic mass is 28.4. The number of hydrogen-bond donors (Lipinski definition) is 1. The molecule has 0 heterocycles. The number of carbonyl (C=O) groups excluding carboxylic acids is 1. The van der Waals surface area contributed by atoms with Crippen molar-refractivity contribution in [3.05, 3.63) is 0 Å². The number of rotatable bonds is 5. The molecule has 0 aromatic heterocycles. The second kappa shape index (κ2) is 6.54. The van der Waals surface area contributed by atoms with Gasteiger partial charge in [0.25, 0.3) is 0 Å². The van der Waals surface area contributed by atoms with Crippen LogP contribution in [-0.2, 0) is 13.9 Å². The molecule has 0 rings (SSSR count). The molecule has 108 valence electrons. The Kier molecular flexibility index (Phi) is 6.32. The van der Waals surface area contributed by atoms with Gasteiger partial charge in [0.2, 0.25) is 0 Å². The molecular weight excluding hydrogens is 250 g/mol. The molecule has 0 saturated heterocycles. The zero-order valence-corrected chi connectivity index (χ0v) is 13.8. The molecule has 0 saturated carbocycles. The van der Waals surface area contributed by atoms with Crippen LogP contribution in [0, 0.1) is 0 Å². The van der Waals surface area contributed by atoms with Crippen LogP contribution in [0.15, 0.2) is 0 Å². The van der Waals surface area contributed by atoms with Crippen LogP contribution in [0.2, 0.25) is 18.1 Å². The van der Waals surface area contributed by atoms with E-state index in [9.17, 15) is 4.79 Å². The van der Waals surface area contributed by atoms with Crippen LogP contribution in [0.25, 0.3) is 0 Å². The molecule has 2 atom stereocenters. The van der Waals surface area contributed by atoms with Gasteiger partial charge in [0, 0.05) is 7.11 Å². The summed E-state index contributed by atoms with van der Waals surface area (Å²) >= 11 is 0. The summed E-state index contributed by atoms with van der Waals surface area (Å²) in [5, 5.41) is 2.72. The maximum absolute atomic E-state index is 11.2. The molecule has 0 aliphatic rings. The third kappa shape index (κ3) is 4.95. The van der Waals surface area contributed by atoms with E-state index < -0.39 is 20.6 Å². The minimum Gasteiger partial charge on any atom is -0.453 e. The van der Waals surface area contributed by atoms with E-state index in [-0.39, 0.29) is 11.1 Å². The number of nitrogens with one attached hydrogen (secondary N) is 1. The summed E-state index contributed by atoms with van der Waals surface area (Å²) in [4.78, 5) is 11.2. The minimum absolute atomic E-state index is 0.116. The fraction of sp³-hybridized carbons (Fsp3) is 0.917. The lowest BCUT2D eigenvalue weighted by molar-refractivity contribution is -0.0147. The molecule has 1 N–H and O–H groups in total. The predicted octanol–water partition coefficient (Wildman–Crippen LogP) is 2.73. The predicted molar refractivity (Wildman–Crippen MR) is 74.1 cm³/mol.